The van der Waals surface area contributed by atoms with Gasteiger partial charge in [0.2, 0.25) is 5.91 Å². The predicted molar refractivity (Wildman–Crippen MR) is 192 cm³/mol. The number of nitrogens with zero attached hydrogens (tertiary/aromatic N) is 2. The summed E-state index contributed by atoms with van der Waals surface area (Å²) in [5.74, 6) is 1.69. The zero-order chi connectivity index (χ0) is 33.9. The van der Waals surface area contributed by atoms with E-state index >= 15 is 0 Å². The van der Waals surface area contributed by atoms with Crippen LogP contribution >= 0.6 is 0 Å². The fourth-order valence-corrected chi connectivity index (χ4v) is 8.15. The van der Waals surface area contributed by atoms with E-state index in [1.807, 2.05) is 24.3 Å². The topological polar surface area (TPSA) is 62.6 Å². The van der Waals surface area contributed by atoms with Gasteiger partial charge in [-0.3, -0.25) is 9.69 Å². The molecule has 0 saturated heterocycles. The fourth-order valence-electron chi connectivity index (χ4n) is 5.88. The highest BCUT2D eigenvalue weighted by Crippen LogP contribution is 2.53. The standard InChI is InChI=1S/C38H52N2O3Si2/c1-25-21-29(22-26(2)33(25)42-44(11,12)36(5,6)7)38(31-17-15-16-18-32(31)40(20-19-39)35(38)41)30-23-27(3)34(28(4)24-30)43-45(13,14)37(8,9)10/h15-18,21-24H,20H2,1-14H3. The van der Waals surface area contributed by atoms with Gasteiger partial charge in [0.1, 0.15) is 23.5 Å². The van der Waals surface area contributed by atoms with Crippen LogP contribution in [0.5, 0.6) is 11.5 Å². The summed E-state index contributed by atoms with van der Waals surface area (Å²) in [7, 11) is -4.22. The maximum Gasteiger partial charge on any atom is 0.250 e. The van der Waals surface area contributed by atoms with Crippen LogP contribution < -0.4 is 13.8 Å². The largest absolute Gasteiger partial charge is 0.543 e. The van der Waals surface area contributed by atoms with Gasteiger partial charge in [-0.15, -0.1) is 0 Å². The summed E-state index contributed by atoms with van der Waals surface area (Å²) in [5, 5.41) is 9.91. The Morgan fingerprint density at radius 3 is 1.47 bits per heavy atom. The maximum atomic E-state index is 14.9. The van der Waals surface area contributed by atoms with Gasteiger partial charge in [0.15, 0.2) is 0 Å². The maximum absolute atomic E-state index is 14.9. The molecule has 0 unspecified atom stereocenters. The molecule has 0 N–H and O–H groups in total. The number of amides is 1. The van der Waals surface area contributed by atoms with E-state index in [1.54, 1.807) is 4.90 Å². The fraction of sp³-hybridized carbons (Fsp3) is 0.474. The molecule has 240 valence electrons. The smallest absolute Gasteiger partial charge is 0.250 e. The van der Waals surface area contributed by atoms with Gasteiger partial charge < -0.3 is 8.85 Å². The molecular weight excluding hydrogens is 589 g/mol. The molecule has 1 aliphatic rings. The van der Waals surface area contributed by atoms with Crippen molar-refractivity contribution in [2.45, 2.75) is 111 Å². The van der Waals surface area contributed by atoms with Crippen molar-refractivity contribution in [3.63, 3.8) is 0 Å². The van der Waals surface area contributed by atoms with Crippen molar-refractivity contribution in [3.05, 3.63) is 87.5 Å². The molecule has 5 nitrogen and oxygen atoms in total. The molecule has 0 aliphatic carbocycles. The molecule has 0 fully saturated rings. The van der Waals surface area contributed by atoms with Crippen molar-refractivity contribution in [1.82, 2.24) is 0 Å². The highest BCUT2D eigenvalue weighted by atomic mass is 28.4. The first kappa shape index (κ1) is 34.5. The predicted octanol–water partition coefficient (Wildman–Crippen LogP) is 9.89. The number of anilines is 1. The van der Waals surface area contributed by atoms with E-state index in [9.17, 15) is 10.1 Å². The van der Waals surface area contributed by atoms with Crippen LogP contribution in [0.4, 0.5) is 5.69 Å². The van der Waals surface area contributed by atoms with Crippen molar-refractivity contribution in [3.8, 4) is 17.6 Å². The van der Waals surface area contributed by atoms with Crippen molar-refractivity contribution >= 4 is 28.2 Å². The van der Waals surface area contributed by atoms with E-state index < -0.39 is 22.0 Å². The SMILES string of the molecule is Cc1cc(C2(c3cc(C)c(O[Si](C)(C)C(C)(C)C)c(C)c3)C(=O)N(CC#N)c3ccccc32)cc(C)c1O[Si](C)(C)C(C)(C)C. The Hall–Kier alpha value is -3.35. The number of benzene rings is 3. The lowest BCUT2D eigenvalue weighted by atomic mass is 9.69. The van der Waals surface area contributed by atoms with Gasteiger partial charge in [-0.2, -0.15) is 5.26 Å². The first-order valence-electron chi connectivity index (χ1n) is 16.0. The van der Waals surface area contributed by atoms with Crippen molar-refractivity contribution in [2.75, 3.05) is 11.4 Å². The minimum absolute atomic E-state index is 0.0212. The Bertz CT molecular complexity index is 1560. The van der Waals surface area contributed by atoms with Crippen LogP contribution in [0.1, 0.15) is 80.5 Å². The van der Waals surface area contributed by atoms with E-state index in [1.165, 1.54) is 0 Å². The van der Waals surface area contributed by atoms with Gasteiger partial charge in [0.25, 0.3) is 16.6 Å². The highest BCUT2D eigenvalue weighted by Gasteiger charge is 2.54. The number of carbonyl (C=O) groups is 1. The van der Waals surface area contributed by atoms with Crippen LogP contribution in [0.2, 0.25) is 36.3 Å². The lowest BCUT2D eigenvalue weighted by Gasteiger charge is -2.38. The number of rotatable bonds is 7. The molecular formula is C38H52N2O3Si2. The lowest BCUT2D eigenvalue weighted by Crippen LogP contribution is -2.45. The number of nitriles is 1. The summed E-state index contributed by atoms with van der Waals surface area (Å²) in [5.41, 5.74) is 6.31. The van der Waals surface area contributed by atoms with Crippen LogP contribution in [0, 0.1) is 39.0 Å². The number of aryl methyl sites for hydroxylation is 4. The summed E-state index contributed by atoms with van der Waals surface area (Å²) < 4.78 is 13.7. The summed E-state index contributed by atoms with van der Waals surface area (Å²) in [6.07, 6.45) is 0. The van der Waals surface area contributed by atoms with Gasteiger partial charge in [-0.25, -0.2) is 0 Å². The minimum Gasteiger partial charge on any atom is -0.543 e. The number of fused-ring (bicyclic) bond motifs is 1. The summed E-state index contributed by atoms with van der Waals surface area (Å²) in [6, 6.07) is 18.7. The molecule has 0 aromatic heterocycles. The molecule has 45 heavy (non-hydrogen) atoms. The summed E-state index contributed by atoms with van der Waals surface area (Å²) in [6.45, 7) is 30.8. The molecule has 3 aromatic rings. The van der Waals surface area contributed by atoms with Crippen LogP contribution in [0.3, 0.4) is 0 Å². The molecule has 4 rings (SSSR count). The molecule has 0 saturated carbocycles. The van der Waals surface area contributed by atoms with Crippen LogP contribution in [-0.2, 0) is 10.2 Å². The van der Waals surface area contributed by atoms with E-state index in [4.69, 9.17) is 8.85 Å². The first-order valence-corrected chi connectivity index (χ1v) is 21.8. The first-order chi connectivity index (χ1) is 20.6. The Morgan fingerprint density at radius 2 is 1.11 bits per heavy atom. The number of para-hydroxylation sites is 1. The molecule has 7 heteroatoms. The van der Waals surface area contributed by atoms with Crippen LogP contribution in [0.25, 0.3) is 0 Å². The normalized spacial score (nSPS) is 15.1. The van der Waals surface area contributed by atoms with Crippen molar-refractivity contribution in [1.29, 1.82) is 5.26 Å². The zero-order valence-electron chi connectivity index (χ0n) is 29.9. The third kappa shape index (κ3) is 5.76. The molecule has 1 heterocycles. The van der Waals surface area contributed by atoms with Crippen molar-refractivity contribution in [2.24, 2.45) is 0 Å². The van der Waals surface area contributed by atoms with Crippen LogP contribution in [-0.4, -0.2) is 29.1 Å². The Balaban J connectivity index is 2.02. The third-order valence-corrected chi connectivity index (χ3v) is 19.2. The number of carbonyl (C=O) groups excluding carboxylic acids is 1. The molecule has 0 spiro atoms. The molecule has 0 atom stereocenters. The zero-order valence-corrected chi connectivity index (χ0v) is 31.9. The second-order valence-corrected chi connectivity index (χ2v) is 25.4. The Morgan fingerprint density at radius 1 is 0.733 bits per heavy atom. The average molecular weight is 641 g/mol. The molecule has 3 aromatic carbocycles. The monoisotopic (exact) mass is 640 g/mol. The Kier molecular flexibility index (Phi) is 8.80. The van der Waals surface area contributed by atoms with E-state index in [0.29, 0.717) is 0 Å². The van der Waals surface area contributed by atoms with Crippen LogP contribution in [0.15, 0.2) is 48.5 Å². The number of hydrogen-bond donors (Lipinski definition) is 0. The molecule has 1 aliphatic heterocycles. The quantitative estimate of drug-likeness (QED) is 0.190. The molecule has 0 radical (unpaired) electrons. The van der Waals surface area contributed by atoms with E-state index in [2.05, 4.69) is 126 Å². The molecule has 1 amide bonds. The Labute approximate surface area is 273 Å². The van der Waals surface area contributed by atoms with Gasteiger partial charge >= 0.3 is 0 Å². The summed E-state index contributed by atoms with van der Waals surface area (Å²) in [4.78, 5) is 16.6. The minimum atomic E-state index is -2.11. The van der Waals surface area contributed by atoms with Gasteiger partial charge in [0.05, 0.1) is 6.07 Å². The summed E-state index contributed by atoms with van der Waals surface area (Å²) >= 11 is 0. The second kappa shape index (κ2) is 11.5. The number of hydrogen-bond acceptors (Lipinski definition) is 4. The van der Waals surface area contributed by atoms with Crippen molar-refractivity contribution < 1.29 is 13.6 Å². The lowest BCUT2D eigenvalue weighted by molar-refractivity contribution is -0.120. The average Bonchev–Trinajstić information content (AvgIpc) is 3.15. The van der Waals surface area contributed by atoms with Gasteiger partial charge in [0, 0.05) is 11.3 Å². The van der Waals surface area contributed by atoms with Gasteiger partial charge in [-0.1, -0.05) is 84.0 Å². The highest BCUT2D eigenvalue weighted by molar-refractivity contribution is 6.75. The molecule has 0 bridgehead atoms. The van der Waals surface area contributed by atoms with E-state index in [-0.39, 0.29) is 22.5 Å². The van der Waals surface area contributed by atoms with Gasteiger partial charge in [-0.05, 0) is 103 Å². The third-order valence-electron chi connectivity index (χ3n) is 10.5. The van der Waals surface area contributed by atoms with E-state index in [0.717, 1.165) is 56.1 Å². The second-order valence-electron chi connectivity index (χ2n) is 15.9.